The summed E-state index contributed by atoms with van der Waals surface area (Å²) in [5, 5.41) is 18.7. The molecule has 2 aliphatic rings. The summed E-state index contributed by atoms with van der Waals surface area (Å²) >= 11 is 12.1. The number of halogens is 4. The Kier molecular flexibility index (Phi) is 35.5. The van der Waals surface area contributed by atoms with Crippen LogP contribution >= 0.6 is 43.5 Å². The van der Waals surface area contributed by atoms with Crippen LogP contribution in [0.2, 0.25) is 5.15 Å². The third-order valence-corrected chi connectivity index (χ3v) is 5.00. The van der Waals surface area contributed by atoms with Gasteiger partial charge < -0.3 is 32.4 Å². The second kappa shape index (κ2) is 31.2. The molecule has 35 heavy (non-hydrogen) atoms. The van der Waals surface area contributed by atoms with Gasteiger partial charge in [0.15, 0.2) is 0 Å². The first-order valence-corrected chi connectivity index (χ1v) is 11.8. The number of alkyl halides is 1. The second-order valence-corrected chi connectivity index (χ2v) is 8.28. The molecule has 0 aromatic carbocycles. The zero-order valence-electron chi connectivity index (χ0n) is 22.0. The maximum absolute atomic E-state index is 9.96. The fourth-order valence-corrected chi connectivity index (χ4v) is 2.99. The molecule has 3 N–H and O–H groups in total. The summed E-state index contributed by atoms with van der Waals surface area (Å²) in [6, 6.07) is 7.65. The Labute approximate surface area is 349 Å². The van der Waals surface area contributed by atoms with Crippen molar-refractivity contribution in [1.29, 1.82) is 0 Å². The molecule has 2 fully saturated rings. The predicted octanol–water partition coefficient (Wildman–Crippen LogP) is -3.93. The summed E-state index contributed by atoms with van der Waals surface area (Å²) in [5.74, 6) is 1.07. The molecular formula is C20H30Br2ClCs2FN6O3. The van der Waals surface area contributed by atoms with Crippen LogP contribution in [0, 0.1) is 0 Å². The molecule has 4 rings (SSSR count). The Balaban J connectivity index is -0.000000198. The topological polar surface area (TPSA) is 114 Å². The smallest absolute Gasteiger partial charge is 1.00 e. The maximum Gasteiger partial charge on any atom is 1.00 e. The molecule has 0 radical (unpaired) electrons. The van der Waals surface area contributed by atoms with Gasteiger partial charge in [0.1, 0.15) is 11.0 Å². The van der Waals surface area contributed by atoms with Crippen LogP contribution in [0.4, 0.5) is 10.2 Å². The minimum absolute atomic E-state index is 0. The molecule has 0 atom stereocenters. The van der Waals surface area contributed by atoms with Crippen molar-refractivity contribution in [1.82, 2.24) is 25.9 Å². The van der Waals surface area contributed by atoms with E-state index in [1.165, 1.54) is 0 Å². The fourth-order valence-electron chi connectivity index (χ4n) is 2.41. The minimum atomic E-state index is -1.00. The van der Waals surface area contributed by atoms with Crippen LogP contribution in [0.1, 0.15) is 2.80 Å². The van der Waals surface area contributed by atoms with Crippen molar-refractivity contribution in [3.63, 3.8) is 0 Å². The van der Waals surface area contributed by atoms with Crippen molar-refractivity contribution >= 4 is 55.8 Å². The van der Waals surface area contributed by atoms with E-state index in [4.69, 9.17) is 23.0 Å². The SMILES string of the molecule is Brc1ccc(N2CCNCC2)nc1.C1CNCCN1.Clc1ccc(Br)cn1.O=CO[O-].[2H]CF.[Cs+].[Cs+].[H-]. The first-order valence-electron chi connectivity index (χ1n) is 10.5. The Bertz CT molecular complexity index is 715. The summed E-state index contributed by atoms with van der Waals surface area (Å²) in [6.07, 6.45) is 3.50. The average molecular weight is 884 g/mol. The molecule has 0 amide bonds. The van der Waals surface area contributed by atoms with Gasteiger partial charge in [-0.05, 0) is 56.1 Å². The van der Waals surface area contributed by atoms with E-state index in [-0.39, 0.29) is 146 Å². The number of hydrogen-bond donors (Lipinski definition) is 3. The quantitative estimate of drug-likeness (QED) is 0.121. The summed E-state index contributed by atoms with van der Waals surface area (Å²) in [5.41, 5.74) is 0. The van der Waals surface area contributed by atoms with Gasteiger partial charge in [-0.3, -0.25) is 9.18 Å². The van der Waals surface area contributed by atoms with Gasteiger partial charge in [0.25, 0.3) is 6.47 Å². The van der Waals surface area contributed by atoms with Gasteiger partial charge in [0.2, 0.25) is 0 Å². The van der Waals surface area contributed by atoms with Gasteiger partial charge in [-0.25, -0.2) is 9.97 Å². The van der Waals surface area contributed by atoms with Crippen LogP contribution in [0.25, 0.3) is 0 Å². The van der Waals surface area contributed by atoms with Crippen molar-refractivity contribution < 1.29 is 160 Å². The van der Waals surface area contributed by atoms with Crippen molar-refractivity contribution in [3.05, 3.63) is 50.8 Å². The normalized spacial score (nSPS) is 13.9. The van der Waals surface area contributed by atoms with Crippen molar-refractivity contribution in [2.24, 2.45) is 0 Å². The standard InChI is InChI=1S/C9H12BrN3.C5H3BrClN.C4H10N2.CH3F.CH2O3.2Cs.H/c10-8-1-2-9(12-7-8)13-5-3-11-4-6-13;6-4-1-2-5(7)8-3-4;1-2-6-4-3-5-1;1-2;2-1-4-3;;;/h1-2,7,11H,3-6H2;1-3H;5-6H,1-4H2;1H3;1,3H;;;/q;;;;;2*+1;-1/p-1/i;;;1D;;;;. The third-order valence-electron chi connectivity index (χ3n) is 3.84. The monoisotopic (exact) mass is 881 g/mol. The number of carbonyl (C=O) groups excluding carboxylic acids is 1. The predicted molar refractivity (Wildman–Crippen MR) is 135 cm³/mol. The average Bonchev–Trinajstić information content (AvgIpc) is 2.89. The minimum Gasteiger partial charge on any atom is -1.00 e. The molecule has 4 heterocycles. The van der Waals surface area contributed by atoms with E-state index < -0.39 is 7.15 Å². The Morgan fingerprint density at radius 1 is 1.03 bits per heavy atom. The van der Waals surface area contributed by atoms with Crippen LogP contribution < -0.4 is 164 Å². The second-order valence-electron chi connectivity index (χ2n) is 6.06. The fraction of sp³-hybridized carbons (Fsp3) is 0.450. The van der Waals surface area contributed by atoms with Gasteiger partial charge >= 0.3 is 138 Å². The van der Waals surface area contributed by atoms with Crippen LogP contribution in [-0.2, 0) is 9.68 Å². The zero-order chi connectivity index (χ0) is 25.4. The van der Waals surface area contributed by atoms with E-state index in [0.29, 0.717) is 5.15 Å². The van der Waals surface area contributed by atoms with Crippen molar-refractivity contribution in [2.75, 3.05) is 64.4 Å². The first kappa shape index (κ1) is 39.8. The molecule has 2 aromatic rings. The van der Waals surface area contributed by atoms with Crippen LogP contribution in [0.3, 0.4) is 0 Å². The molecule has 0 spiro atoms. The summed E-state index contributed by atoms with van der Waals surface area (Å²) in [4.78, 5) is 21.7. The molecule has 9 nitrogen and oxygen atoms in total. The van der Waals surface area contributed by atoms with Crippen molar-refractivity contribution in [3.8, 4) is 0 Å². The molecule has 0 saturated carbocycles. The molecule has 2 saturated heterocycles. The molecule has 188 valence electrons. The van der Waals surface area contributed by atoms with E-state index in [2.05, 4.69) is 73.6 Å². The molecule has 0 aliphatic carbocycles. The Morgan fingerprint density at radius 2 is 1.46 bits per heavy atom. The van der Waals surface area contributed by atoms with E-state index in [9.17, 15) is 4.39 Å². The van der Waals surface area contributed by atoms with Gasteiger partial charge in [-0.1, -0.05) is 11.6 Å². The van der Waals surface area contributed by atoms with Crippen LogP contribution in [0.15, 0.2) is 45.6 Å². The van der Waals surface area contributed by atoms with E-state index in [1.807, 2.05) is 18.3 Å². The van der Waals surface area contributed by atoms with Gasteiger partial charge in [-0.2, -0.15) is 0 Å². The summed E-state index contributed by atoms with van der Waals surface area (Å²) in [6.45, 7) is 8.58. The molecule has 0 bridgehead atoms. The first-order chi connectivity index (χ1) is 16.5. The number of anilines is 1. The number of pyridine rings is 2. The van der Waals surface area contributed by atoms with E-state index in [0.717, 1.165) is 67.1 Å². The van der Waals surface area contributed by atoms with Gasteiger partial charge in [-0.15, -0.1) is 0 Å². The number of nitrogens with zero attached hydrogens (tertiary/aromatic N) is 3. The largest absolute Gasteiger partial charge is 1.00 e. The maximum atomic E-state index is 9.96. The van der Waals surface area contributed by atoms with Gasteiger partial charge in [0, 0.05) is 73.7 Å². The Hall–Kier alpha value is 2.69. The molecule has 0 unspecified atom stereocenters. The van der Waals surface area contributed by atoms with Crippen molar-refractivity contribution in [2.45, 2.75) is 0 Å². The molecular weight excluding hydrogens is 852 g/mol. The summed E-state index contributed by atoms with van der Waals surface area (Å²) in [7, 11) is -1.00. The number of nitrogens with one attached hydrogen (secondary N) is 3. The number of aromatic nitrogens is 2. The third kappa shape index (κ3) is 25.4. The molecule has 2 aromatic heterocycles. The summed E-state index contributed by atoms with van der Waals surface area (Å²) < 4.78 is 17.5. The number of hydrogen-bond acceptors (Lipinski definition) is 9. The Morgan fingerprint density at radius 3 is 1.77 bits per heavy atom. The number of carbonyl (C=O) groups is 1. The molecule has 2 aliphatic heterocycles. The van der Waals surface area contributed by atoms with E-state index in [1.54, 1.807) is 12.3 Å². The van der Waals surface area contributed by atoms with E-state index >= 15 is 0 Å². The zero-order valence-corrected chi connectivity index (χ0v) is 36.5. The van der Waals surface area contributed by atoms with Gasteiger partial charge in [0.05, 0.1) is 8.52 Å². The number of piperazine rings is 2. The molecule has 15 heteroatoms. The number of rotatable bonds is 2. The van der Waals surface area contributed by atoms with Crippen LogP contribution in [-0.4, -0.2) is 76.0 Å². The van der Waals surface area contributed by atoms with Crippen LogP contribution in [0.5, 0.6) is 0 Å².